The number of rotatable bonds is 6. The first-order chi connectivity index (χ1) is 9.24. The van der Waals surface area contributed by atoms with Gasteiger partial charge in [0.1, 0.15) is 11.5 Å². The molecule has 2 rings (SSSR count). The van der Waals surface area contributed by atoms with Gasteiger partial charge in [0.25, 0.3) is 0 Å². The van der Waals surface area contributed by atoms with E-state index in [1.54, 1.807) is 13.4 Å². The van der Waals surface area contributed by atoms with E-state index in [9.17, 15) is 0 Å². The topological polar surface area (TPSA) is 34.4 Å². The van der Waals surface area contributed by atoms with Gasteiger partial charge in [-0.1, -0.05) is 19.1 Å². The van der Waals surface area contributed by atoms with E-state index in [4.69, 9.17) is 9.15 Å². The predicted molar refractivity (Wildman–Crippen MR) is 76.3 cm³/mol. The summed E-state index contributed by atoms with van der Waals surface area (Å²) in [7, 11) is 1.68. The Kier molecular flexibility index (Phi) is 4.63. The van der Waals surface area contributed by atoms with Crippen LogP contribution in [-0.4, -0.2) is 7.11 Å². The summed E-state index contributed by atoms with van der Waals surface area (Å²) in [6.45, 7) is 4.31. The van der Waals surface area contributed by atoms with E-state index in [0.717, 1.165) is 17.9 Å². The molecule has 2 atom stereocenters. The van der Waals surface area contributed by atoms with Crippen LogP contribution in [0.5, 0.6) is 5.75 Å². The van der Waals surface area contributed by atoms with Crippen molar-refractivity contribution in [2.24, 2.45) is 0 Å². The third-order valence-corrected chi connectivity index (χ3v) is 3.36. The minimum absolute atomic E-state index is 0.243. The first kappa shape index (κ1) is 13.7. The molecule has 0 saturated heterocycles. The van der Waals surface area contributed by atoms with Gasteiger partial charge in [-0.2, -0.15) is 0 Å². The Labute approximate surface area is 114 Å². The predicted octanol–water partition coefficient (Wildman–Crippen LogP) is 4.09. The van der Waals surface area contributed by atoms with E-state index >= 15 is 0 Å². The molecule has 0 aliphatic heterocycles. The number of nitrogens with one attached hydrogen (secondary N) is 1. The van der Waals surface area contributed by atoms with Crippen LogP contribution >= 0.6 is 0 Å². The number of hydrogen-bond donors (Lipinski definition) is 1. The van der Waals surface area contributed by atoms with Gasteiger partial charge in [0.15, 0.2) is 0 Å². The Morgan fingerprint density at radius 3 is 2.47 bits per heavy atom. The van der Waals surface area contributed by atoms with E-state index in [0.29, 0.717) is 0 Å². The van der Waals surface area contributed by atoms with Crippen LogP contribution < -0.4 is 10.1 Å². The summed E-state index contributed by atoms with van der Waals surface area (Å²) in [5, 5.41) is 3.59. The lowest BCUT2D eigenvalue weighted by molar-refractivity contribution is 0.376. The molecule has 1 heterocycles. The molecule has 0 aliphatic rings. The molecule has 0 saturated carbocycles. The summed E-state index contributed by atoms with van der Waals surface area (Å²) >= 11 is 0. The smallest absolute Gasteiger partial charge is 0.120 e. The molecule has 3 nitrogen and oxygen atoms in total. The molecule has 0 aliphatic carbocycles. The lowest BCUT2D eigenvalue weighted by Crippen LogP contribution is -2.23. The summed E-state index contributed by atoms with van der Waals surface area (Å²) in [5.74, 6) is 1.87. The third kappa shape index (κ3) is 3.38. The Balaban J connectivity index is 2.04. The monoisotopic (exact) mass is 259 g/mol. The van der Waals surface area contributed by atoms with Gasteiger partial charge < -0.3 is 14.5 Å². The molecule has 2 unspecified atom stereocenters. The van der Waals surface area contributed by atoms with Gasteiger partial charge >= 0.3 is 0 Å². The van der Waals surface area contributed by atoms with Crippen molar-refractivity contribution in [1.29, 1.82) is 0 Å². The minimum atomic E-state index is 0.243. The zero-order valence-corrected chi connectivity index (χ0v) is 11.7. The van der Waals surface area contributed by atoms with Gasteiger partial charge in [-0.3, -0.25) is 0 Å². The fourth-order valence-corrected chi connectivity index (χ4v) is 2.18. The lowest BCUT2D eigenvalue weighted by atomic mass is 10.1. The molecule has 102 valence electrons. The highest BCUT2D eigenvalue weighted by atomic mass is 16.5. The van der Waals surface area contributed by atoms with Gasteiger partial charge in [-0.05, 0) is 43.2 Å². The van der Waals surface area contributed by atoms with Crippen molar-refractivity contribution in [2.45, 2.75) is 32.4 Å². The van der Waals surface area contributed by atoms with Crippen molar-refractivity contribution in [3.8, 4) is 5.75 Å². The minimum Gasteiger partial charge on any atom is -0.497 e. The van der Waals surface area contributed by atoms with Crippen LogP contribution in [0, 0.1) is 0 Å². The highest BCUT2D eigenvalue weighted by Crippen LogP contribution is 2.23. The molecule has 0 radical (unpaired) electrons. The molecule has 0 spiro atoms. The van der Waals surface area contributed by atoms with Gasteiger partial charge in [0, 0.05) is 6.04 Å². The molecule has 3 heteroatoms. The summed E-state index contributed by atoms with van der Waals surface area (Å²) in [6.07, 6.45) is 2.71. The molecule has 1 aromatic heterocycles. The van der Waals surface area contributed by atoms with Crippen LogP contribution in [0.2, 0.25) is 0 Å². The zero-order chi connectivity index (χ0) is 13.7. The van der Waals surface area contributed by atoms with E-state index in [1.165, 1.54) is 5.56 Å². The first-order valence-electron chi connectivity index (χ1n) is 6.68. The molecule has 2 aromatic rings. The number of methoxy groups -OCH3 is 1. The molecule has 0 fully saturated rings. The summed E-state index contributed by atoms with van der Waals surface area (Å²) < 4.78 is 10.7. The highest BCUT2D eigenvalue weighted by Gasteiger charge is 2.15. The second kappa shape index (κ2) is 6.43. The van der Waals surface area contributed by atoms with Crippen molar-refractivity contribution < 1.29 is 9.15 Å². The fourth-order valence-electron chi connectivity index (χ4n) is 2.18. The van der Waals surface area contributed by atoms with E-state index < -0.39 is 0 Å². The molecule has 1 aromatic carbocycles. The maximum atomic E-state index is 5.48. The SMILES string of the molecule is CCC(NC(C)c1ccc(OC)cc1)c1ccco1. The van der Waals surface area contributed by atoms with E-state index in [2.05, 4.69) is 31.3 Å². The van der Waals surface area contributed by atoms with Gasteiger partial charge in [0.05, 0.1) is 19.4 Å². The molecule has 1 N–H and O–H groups in total. The van der Waals surface area contributed by atoms with Crippen LogP contribution in [0.4, 0.5) is 0 Å². The second-order valence-corrected chi connectivity index (χ2v) is 4.64. The van der Waals surface area contributed by atoms with Crippen molar-refractivity contribution in [2.75, 3.05) is 7.11 Å². The van der Waals surface area contributed by atoms with Crippen LogP contribution in [0.3, 0.4) is 0 Å². The Morgan fingerprint density at radius 1 is 1.21 bits per heavy atom. The third-order valence-electron chi connectivity index (χ3n) is 3.36. The number of hydrogen-bond acceptors (Lipinski definition) is 3. The van der Waals surface area contributed by atoms with Gasteiger partial charge in [0.2, 0.25) is 0 Å². The maximum Gasteiger partial charge on any atom is 0.120 e. The molecule has 0 bridgehead atoms. The van der Waals surface area contributed by atoms with Crippen molar-refractivity contribution in [3.63, 3.8) is 0 Å². The van der Waals surface area contributed by atoms with Gasteiger partial charge in [-0.25, -0.2) is 0 Å². The largest absolute Gasteiger partial charge is 0.497 e. The number of furan rings is 1. The normalized spacial score (nSPS) is 14.1. The van der Waals surface area contributed by atoms with Crippen molar-refractivity contribution in [3.05, 3.63) is 54.0 Å². The summed E-state index contributed by atoms with van der Waals surface area (Å²) in [4.78, 5) is 0. The second-order valence-electron chi connectivity index (χ2n) is 4.64. The molecule has 0 amide bonds. The summed E-state index contributed by atoms with van der Waals surface area (Å²) in [6, 6.07) is 12.6. The number of benzene rings is 1. The molecular formula is C16H21NO2. The van der Waals surface area contributed by atoms with E-state index in [1.807, 2.05) is 24.3 Å². The maximum absolute atomic E-state index is 5.48. The standard InChI is InChI=1S/C16H21NO2/c1-4-15(16-6-5-11-19-16)17-12(2)13-7-9-14(18-3)10-8-13/h5-12,15,17H,4H2,1-3H3. The average Bonchev–Trinajstić information content (AvgIpc) is 2.98. The Morgan fingerprint density at radius 2 is 1.95 bits per heavy atom. The Bertz CT molecular complexity index is 476. The highest BCUT2D eigenvalue weighted by molar-refractivity contribution is 5.29. The van der Waals surface area contributed by atoms with Crippen LogP contribution in [0.15, 0.2) is 47.1 Å². The zero-order valence-electron chi connectivity index (χ0n) is 11.7. The molecule has 19 heavy (non-hydrogen) atoms. The number of ether oxygens (including phenoxy) is 1. The van der Waals surface area contributed by atoms with E-state index in [-0.39, 0.29) is 12.1 Å². The van der Waals surface area contributed by atoms with Gasteiger partial charge in [-0.15, -0.1) is 0 Å². The first-order valence-corrected chi connectivity index (χ1v) is 6.68. The Hall–Kier alpha value is -1.74. The summed E-state index contributed by atoms with van der Waals surface area (Å²) in [5.41, 5.74) is 1.24. The quantitative estimate of drug-likeness (QED) is 0.848. The van der Waals surface area contributed by atoms with Crippen LogP contribution in [-0.2, 0) is 0 Å². The van der Waals surface area contributed by atoms with Crippen LogP contribution in [0.1, 0.15) is 43.7 Å². The van der Waals surface area contributed by atoms with Crippen LogP contribution in [0.25, 0.3) is 0 Å². The van der Waals surface area contributed by atoms with Crippen molar-refractivity contribution >= 4 is 0 Å². The average molecular weight is 259 g/mol. The fraction of sp³-hybridized carbons (Fsp3) is 0.375. The lowest BCUT2D eigenvalue weighted by Gasteiger charge is -2.21. The van der Waals surface area contributed by atoms with Crippen molar-refractivity contribution in [1.82, 2.24) is 5.32 Å². The molecular weight excluding hydrogens is 238 g/mol.